The molecule has 0 radical (unpaired) electrons. The van der Waals surface area contributed by atoms with Gasteiger partial charge in [-0.3, -0.25) is 4.79 Å². The van der Waals surface area contributed by atoms with Gasteiger partial charge < -0.3 is 20.1 Å². The lowest BCUT2D eigenvalue weighted by atomic mass is 10.1. The number of allylic oxidation sites excluding steroid dienone is 1. The van der Waals surface area contributed by atoms with Crippen LogP contribution in [0.25, 0.3) is 11.4 Å². The van der Waals surface area contributed by atoms with Crippen LogP contribution in [-0.2, 0) is 6.18 Å². The summed E-state index contributed by atoms with van der Waals surface area (Å²) in [7, 11) is 0. The predicted molar refractivity (Wildman–Crippen MR) is 134 cm³/mol. The average Bonchev–Trinajstić information content (AvgIpc) is 3.60. The zero-order valence-corrected chi connectivity index (χ0v) is 20.7. The van der Waals surface area contributed by atoms with Gasteiger partial charge in [0.15, 0.2) is 5.69 Å². The molecule has 196 valence electrons. The fourth-order valence-electron chi connectivity index (χ4n) is 3.87. The number of para-hydroxylation sites is 1. The fraction of sp³-hybridized carbons (Fsp3) is 0.333. The van der Waals surface area contributed by atoms with E-state index in [0.717, 1.165) is 5.57 Å². The summed E-state index contributed by atoms with van der Waals surface area (Å²) in [6, 6.07) is 13.6. The van der Waals surface area contributed by atoms with Crippen LogP contribution in [0.3, 0.4) is 0 Å². The third-order valence-corrected chi connectivity index (χ3v) is 5.60. The molecule has 2 N–H and O–H groups in total. The number of alkyl halides is 3. The summed E-state index contributed by atoms with van der Waals surface area (Å²) >= 11 is 0. The fourth-order valence-corrected chi connectivity index (χ4v) is 3.87. The highest BCUT2D eigenvalue weighted by Gasteiger charge is 2.39. The van der Waals surface area contributed by atoms with Gasteiger partial charge in [0.2, 0.25) is 0 Å². The van der Waals surface area contributed by atoms with Crippen LogP contribution >= 0.6 is 0 Å². The Morgan fingerprint density at radius 1 is 0.973 bits per heavy atom. The van der Waals surface area contributed by atoms with Crippen molar-refractivity contribution in [3.63, 3.8) is 0 Å². The number of carbonyl (C=O) groups excluding carboxylic acids is 1. The first kappa shape index (κ1) is 26.1. The van der Waals surface area contributed by atoms with Gasteiger partial charge >= 0.3 is 6.18 Å². The molecule has 7 nitrogen and oxygen atoms in total. The minimum Gasteiger partial charge on any atom is -0.494 e. The number of rotatable bonds is 11. The van der Waals surface area contributed by atoms with Crippen LogP contribution in [0.15, 0.2) is 60.3 Å². The number of ether oxygens (including phenoxy) is 2. The van der Waals surface area contributed by atoms with Gasteiger partial charge in [0, 0.05) is 42.2 Å². The third kappa shape index (κ3) is 6.63. The molecule has 2 aromatic carbocycles. The first-order valence-corrected chi connectivity index (χ1v) is 12.2. The second-order valence-corrected chi connectivity index (χ2v) is 8.39. The molecule has 1 amide bonds. The van der Waals surface area contributed by atoms with Crippen LogP contribution in [0.1, 0.15) is 48.3 Å². The minimum atomic E-state index is -4.62. The Kier molecular flexibility index (Phi) is 8.05. The van der Waals surface area contributed by atoms with Crippen molar-refractivity contribution in [1.82, 2.24) is 20.4 Å². The number of carbonyl (C=O) groups is 1. The van der Waals surface area contributed by atoms with E-state index in [1.54, 1.807) is 48.5 Å². The Bertz CT molecular complexity index is 1240. The number of amides is 1. The number of aromatic nitrogens is 2. The molecule has 1 aliphatic rings. The quantitative estimate of drug-likeness (QED) is 0.344. The zero-order chi connectivity index (χ0) is 26.4. The average molecular weight is 515 g/mol. The van der Waals surface area contributed by atoms with Gasteiger partial charge in [-0.1, -0.05) is 18.2 Å². The summed E-state index contributed by atoms with van der Waals surface area (Å²) in [5, 5.41) is 9.76. The molecule has 0 unspecified atom stereocenters. The summed E-state index contributed by atoms with van der Waals surface area (Å²) in [5.74, 6) is 0.706. The molecule has 1 aromatic heterocycles. The minimum absolute atomic E-state index is 0.000881. The standard InChI is InChI=1S/C27H29F3N4O3/c1-3-36-21-14-19(15-22(16-21)37-4-2)26(35)32-13-12-31-24(18-10-11-18)23-17-34(20-8-6-5-7-9-20)33-25(23)27(28,29)30/h5-9,14-17,31H,3-4,10-13H2,1-2H3,(H,32,35). The highest BCUT2D eigenvalue weighted by molar-refractivity contribution is 5.95. The van der Waals surface area contributed by atoms with Crippen molar-refractivity contribution in [2.24, 2.45) is 0 Å². The van der Waals surface area contributed by atoms with E-state index < -0.39 is 11.9 Å². The van der Waals surface area contributed by atoms with Crippen LogP contribution < -0.4 is 20.1 Å². The molecular weight excluding hydrogens is 485 g/mol. The zero-order valence-electron chi connectivity index (χ0n) is 20.7. The smallest absolute Gasteiger partial charge is 0.435 e. The summed E-state index contributed by atoms with van der Waals surface area (Å²) in [4.78, 5) is 12.7. The van der Waals surface area contributed by atoms with E-state index in [9.17, 15) is 18.0 Å². The molecular formula is C27H29F3N4O3. The largest absolute Gasteiger partial charge is 0.494 e. The molecule has 0 bridgehead atoms. The van der Waals surface area contributed by atoms with Gasteiger partial charge in [-0.2, -0.15) is 18.3 Å². The van der Waals surface area contributed by atoms with E-state index in [2.05, 4.69) is 15.7 Å². The van der Waals surface area contributed by atoms with E-state index in [4.69, 9.17) is 9.47 Å². The van der Waals surface area contributed by atoms with Crippen molar-refractivity contribution in [1.29, 1.82) is 0 Å². The van der Waals surface area contributed by atoms with Crippen molar-refractivity contribution in [2.45, 2.75) is 32.9 Å². The normalized spacial score (nSPS) is 12.7. The van der Waals surface area contributed by atoms with Crippen molar-refractivity contribution in [3.8, 4) is 17.2 Å². The molecule has 1 heterocycles. The molecule has 0 atom stereocenters. The molecule has 3 aromatic rings. The van der Waals surface area contributed by atoms with Crippen LogP contribution in [0.4, 0.5) is 13.2 Å². The van der Waals surface area contributed by atoms with E-state index >= 15 is 0 Å². The van der Waals surface area contributed by atoms with Crippen molar-refractivity contribution >= 4 is 11.6 Å². The van der Waals surface area contributed by atoms with Crippen LogP contribution in [-0.4, -0.2) is 42.0 Å². The number of benzene rings is 2. The van der Waals surface area contributed by atoms with Crippen molar-refractivity contribution < 1.29 is 27.4 Å². The van der Waals surface area contributed by atoms with Gasteiger partial charge in [-0.15, -0.1) is 0 Å². The summed E-state index contributed by atoms with van der Waals surface area (Å²) in [6.07, 6.45) is -1.78. The summed E-state index contributed by atoms with van der Waals surface area (Å²) in [5.41, 5.74) is 1.28. The maximum atomic E-state index is 13.9. The number of hydrogen-bond acceptors (Lipinski definition) is 5. The Balaban J connectivity index is 1.46. The molecule has 4 rings (SSSR count). The lowest BCUT2D eigenvalue weighted by Crippen LogP contribution is -2.31. The first-order chi connectivity index (χ1) is 17.8. The maximum Gasteiger partial charge on any atom is 0.435 e. The SMILES string of the molecule is CCOc1cc(OCC)cc(C(=O)NCCNC(=C2CC2)c2cn(-c3ccccc3)nc2C(F)(F)F)c1. The van der Waals surface area contributed by atoms with Gasteiger partial charge in [-0.25, -0.2) is 4.68 Å². The van der Waals surface area contributed by atoms with Crippen LogP contribution in [0.2, 0.25) is 0 Å². The Labute approximate surface area is 213 Å². The van der Waals surface area contributed by atoms with Crippen LogP contribution in [0, 0.1) is 0 Å². The lowest BCUT2D eigenvalue weighted by Gasteiger charge is -2.14. The molecule has 0 saturated heterocycles. The Morgan fingerprint density at radius 2 is 1.59 bits per heavy atom. The molecule has 37 heavy (non-hydrogen) atoms. The number of nitrogens with zero attached hydrogens (tertiary/aromatic N) is 2. The maximum absolute atomic E-state index is 13.9. The molecule has 10 heteroatoms. The second kappa shape index (κ2) is 11.4. The number of nitrogens with one attached hydrogen (secondary N) is 2. The van der Waals surface area contributed by atoms with Crippen molar-refractivity contribution in [3.05, 3.63) is 77.1 Å². The number of halogens is 3. The molecule has 1 aliphatic carbocycles. The highest BCUT2D eigenvalue weighted by atomic mass is 19.4. The topological polar surface area (TPSA) is 77.4 Å². The lowest BCUT2D eigenvalue weighted by molar-refractivity contribution is -0.141. The second-order valence-electron chi connectivity index (χ2n) is 8.39. The van der Waals surface area contributed by atoms with Crippen LogP contribution in [0.5, 0.6) is 11.5 Å². The molecule has 0 aliphatic heterocycles. The Hall–Kier alpha value is -3.95. The molecule has 0 spiro atoms. The van der Waals surface area contributed by atoms with Gasteiger partial charge in [0.1, 0.15) is 11.5 Å². The van der Waals surface area contributed by atoms with E-state index in [-0.39, 0.29) is 24.6 Å². The van der Waals surface area contributed by atoms with E-state index in [0.29, 0.717) is 54.5 Å². The summed E-state index contributed by atoms with van der Waals surface area (Å²) < 4.78 is 53.9. The van der Waals surface area contributed by atoms with E-state index in [1.807, 2.05) is 13.8 Å². The first-order valence-electron chi connectivity index (χ1n) is 12.2. The molecule has 1 fully saturated rings. The van der Waals surface area contributed by atoms with Gasteiger partial charge in [0.05, 0.1) is 18.9 Å². The summed E-state index contributed by atoms with van der Waals surface area (Å²) in [6.45, 7) is 5.02. The number of hydrogen-bond donors (Lipinski definition) is 2. The van der Waals surface area contributed by atoms with E-state index in [1.165, 1.54) is 10.9 Å². The van der Waals surface area contributed by atoms with Gasteiger partial charge in [0.25, 0.3) is 5.91 Å². The highest BCUT2D eigenvalue weighted by Crippen LogP contribution is 2.40. The molecule has 1 saturated carbocycles. The van der Waals surface area contributed by atoms with Gasteiger partial charge in [-0.05, 0) is 56.5 Å². The predicted octanol–water partition coefficient (Wildman–Crippen LogP) is 5.21. The monoisotopic (exact) mass is 514 g/mol. The van der Waals surface area contributed by atoms with Crippen molar-refractivity contribution in [2.75, 3.05) is 26.3 Å². The third-order valence-electron chi connectivity index (χ3n) is 5.60. The Morgan fingerprint density at radius 3 is 2.16 bits per heavy atom.